The van der Waals surface area contributed by atoms with Crippen molar-refractivity contribution in [3.05, 3.63) is 35.7 Å². The minimum atomic E-state index is -0.242. The Kier molecular flexibility index (Phi) is 6.24. The van der Waals surface area contributed by atoms with Crippen molar-refractivity contribution in [2.45, 2.75) is 40.7 Å². The summed E-state index contributed by atoms with van der Waals surface area (Å²) < 4.78 is 1.94. The van der Waals surface area contributed by atoms with Crippen LogP contribution < -0.4 is 15.5 Å². The Bertz CT molecular complexity index is 820. The van der Waals surface area contributed by atoms with Crippen molar-refractivity contribution >= 4 is 23.1 Å². The smallest absolute Gasteiger partial charge is 0.323 e. The maximum Gasteiger partial charge on any atom is 0.323 e. The Balaban J connectivity index is 1.72. The standard InChI is InChI=1S/C21H32N6O/c1-6-25-11-13-26(14-12-25)19-10-8-7-9-18(19)22-21(28)23-20-16(4)24-27(15(2)3)17(20)5/h7-10,15H,6,11-14H2,1-5H3,(H2,22,23,28). The molecule has 0 aliphatic carbocycles. The molecule has 7 heteroatoms. The molecule has 152 valence electrons. The number of hydrogen-bond donors (Lipinski definition) is 2. The monoisotopic (exact) mass is 384 g/mol. The molecular formula is C21H32N6O. The van der Waals surface area contributed by atoms with Gasteiger partial charge in [-0.05, 0) is 46.4 Å². The highest BCUT2D eigenvalue weighted by Gasteiger charge is 2.20. The topological polar surface area (TPSA) is 65.4 Å². The highest BCUT2D eigenvalue weighted by Crippen LogP contribution is 2.28. The molecule has 2 N–H and O–H groups in total. The molecule has 1 aliphatic heterocycles. The number of aryl methyl sites for hydroxylation is 1. The van der Waals surface area contributed by atoms with E-state index in [4.69, 9.17) is 0 Å². The fourth-order valence-corrected chi connectivity index (χ4v) is 3.77. The number of urea groups is 1. The van der Waals surface area contributed by atoms with Crippen LogP contribution >= 0.6 is 0 Å². The largest absolute Gasteiger partial charge is 0.367 e. The van der Waals surface area contributed by atoms with Gasteiger partial charge in [0, 0.05) is 32.2 Å². The number of likely N-dealkylation sites (N-methyl/N-ethyl adjacent to an activating group) is 1. The van der Waals surface area contributed by atoms with Gasteiger partial charge in [0.15, 0.2) is 0 Å². The molecular weight excluding hydrogens is 352 g/mol. The predicted octanol–water partition coefficient (Wildman–Crippen LogP) is 3.87. The molecule has 1 aromatic carbocycles. The quantitative estimate of drug-likeness (QED) is 0.821. The molecule has 1 fully saturated rings. The van der Waals surface area contributed by atoms with E-state index in [2.05, 4.69) is 52.4 Å². The lowest BCUT2D eigenvalue weighted by Gasteiger charge is -2.36. The first-order valence-electron chi connectivity index (χ1n) is 10.1. The molecule has 3 rings (SSSR count). The molecule has 0 atom stereocenters. The SMILES string of the molecule is CCN1CCN(c2ccccc2NC(=O)Nc2c(C)nn(C(C)C)c2C)CC1. The second kappa shape index (κ2) is 8.65. The summed E-state index contributed by atoms with van der Waals surface area (Å²) >= 11 is 0. The van der Waals surface area contributed by atoms with E-state index in [0.29, 0.717) is 0 Å². The molecule has 2 aromatic rings. The Morgan fingerprint density at radius 1 is 1.11 bits per heavy atom. The predicted molar refractivity (Wildman–Crippen MR) is 115 cm³/mol. The summed E-state index contributed by atoms with van der Waals surface area (Å²) in [6.45, 7) is 15.4. The number of nitrogens with zero attached hydrogens (tertiary/aromatic N) is 4. The Hall–Kier alpha value is -2.54. The molecule has 7 nitrogen and oxygen atoms in total. The van der Waals surface area contributed by atoms with E-state index in [9.17, 15) is 4.79 Å². The van der Waals surface area contributed by atoms with Crippen molar-refractivity contribution in [2.75, 3.05) is 48.3 Å². The third kappa shape index (κ3) is 4.30. The van der Waals surface area contributed by atoms with Crippen LogP contribution in [0.2, 0.25) is 0 Å². The van der Waals surface area contributed by atoms with Gasteiger partial charge >= 0.3 is 6.03 Å². The minimum absolute atomic E-state index is 0.242. The van der Waals surface area contributed by atoms with E-state index in [1.54, 1.807) is 0 Å². The zero-order valence-electron chi connectivity index (χ0n) is 17.6. The summed E-state index contributed by atoms with van der Waals surface area (Å²) in [7, 11) is 0. The number of carbonyl (C=O) groups excluding carboxylic acids is 1. The Morgan fingerprint density at radius 2 is 1.79 bits per heavy atom. The van der Waals surface area contributed by atoms with Gasteiger partial charge in [0.05, 0.1) is 28.5 Å². The first-order valence-corrected chi connectivity index (χ1v) is 10.1. The number of carbonyl (C=O) groups is 1. The van der Waals surface area contributed by atoms with Gasteiger partial charge in [0.25, 0.3) is 0 Å². The summed E-state index contributed by atoms with van der Waals surface area (Å²) in [6.07, 6.45) is 0. The van der Waals surface area contributed by atoms with Gasteiger partial charge in [-0.3, -0.25) is 4.68 Å². The maximum absolute atomic E-state index is 12.7. The normalized spacial score (nSPS) is 15.1. The summed E-state index contributed by atoms with van der Waals surface area (Å²) in [5.74, 6) is 0. The Morgan fingerprint density at radius 3 is 2.39 bits per heavy atom. The highest BCUT2D eigenvalue weighted by molar-refractivity contribution is 6.02. The fraction of sp³-hybridized carbons (Fsp3) is 0.524. The number of aromatic nitrogens is 2. The van der Waals surface area contributed by atoms with Crippen LogP contribution in [0.4, 0.5) is 21.9 Å². The Labute approximate surface area is 167 Å². The van der Waals surface area contributed by atoms with Gasteiger partial charge in [-0.25, -0.2) is 4.79 Å². The number of benzene rings is 1. The van der Waals surface area contributed by atoms with E-state index in [0.717, 1.165) is 61.2 Å². The molecule has 28 heavy (non-hydrogen) atoms. The number of para-hydroxylation sites is 2. The van der Waals surface area contributed by atoms with Crippen LogP contribution in [0.5, 0.6) is 0 Å². The number of anilines is 3. The summed E-state index contributed by atoms with van der Waals surface area (Å²) in [5.41, 5.74) is 4.47. The number of amides is 2. The van der Waals surface area contributed by atoms with Gasteiger partial charge in [-0.2, -0.15) is 5.10 Å². The molecule has 1 aromatic heterocycles. The van der Waals surface area contributed by atoms with E-state index in [1.807, 2.05) is 36.7 Å². The van der Waals surface area contributed by atoms with Crippen LogP contribution in [0.1, 0.15) is 38.2 Å². The average molecular weight is 385 g/mol. The number of hydrogen-bond acceptors (Lipinski definition) is 4. The molecule has 1 saturated heterocycles. The second-order valence-corrected chi connectivity index (χ2v) is 7.60. The highest BCUT2D eigenvalue weighted by atomic mass is 16.2. The van der Waals surface area contributed by atoms with Gasteiger partial charge < -0.3 is 20.4 Å². The second-order valence-electron chi connectivity index (χ2n) is 7.60. The van der Waals surface area contributed by atoms with Crippen molar-refractivity contribution in [1.29, 1.82) is 0 Å². The minimum Gasteiger partial charge on any atom is -0.367 e. The molecule has 0 unspecified atom stereocenters. The lowest BCUT2D eigenvalue weighted by Crippen LogP contribution is -2.46. The zero-order valence-corrected chi connectivity index (χ0v) is 17.6. The van der Waals surface area contributed by atoms with E-state index in [-0.39, 0.29) is 12.1 Å². The first-order chi connectivity index (χ1) is 13.4. The molecule has 0 radical (unpaired) electrons. The van der Waals surface area contributed by atoms with E-state index < -0.39 is 0 Å². The van der Waals surface area contributed by atoms with Gasteiger partial charge in [-0.15, -0.1) is 0 Å². The molecule has 0 bridgehead atoms. The third-order valence-corrected chi connectivity index (χ3v) is 5.37. The molecule has 0 saturated carbocycles. The van der Waals surface area contributed by atoms with Gasteiger partial charge in [0.2, 0.25) is 0 Å². The van der Waals surface area contributed by atoms with Gasteiger partial charge in [0.1, 0.15) is 0 Å². The van der Waals surface area contributed by atoms with Crippen molar-refractivity contribution in [3.63, 3.8) is 0 Å². The van der Waals surface area contributed by atoms with Crippen LogP contribution in [-0.2, 0) is 0 Å². The van der Waals surface area contributed by atoms with Crippen LogP contribution in [0.15, 0.2) is 24.3 Å². The fourth-order valence-electron chi connectivity index (χ4n) is 3.77. The number of rotatable bonds is 5. The lowest BCUT2D eigenvalue weighted by molar-refractivity contribution is 0.262. The zero-order chi connectivity index (χ0) is 20.3. The van der Waals surface area contributed by atoms with Crippen LogP contribution in [0, 0.1) is 13.8 Å². The summed E-state index contributed by atoms with van der Waals surface area (Å²) in [4.78, 5) is 17.5. The van der Waals surface area contributed by atoms with E-state index >= 15 is 0 Å². The number of nitrogens with one attached hydrogen (secondary N) is 2. The summed E-state index contributed by atoms with van der Waals surface area (Å²) in [6, 6.07) is 8.01. The van der Waals surface area contributed by atoms with Crippen molar-refractivity contribution < 1.29 is 4.79 Å². The van der Waals surface area contributed by atoms with Gasteiger partial charge in [-0.1, -0.05) is 19.1 Å². The average Bonchev–Trinajstić information content (AvgIpc) is 2.97. The third-order valence-electron chi connectivity index (χ3n) is 5.37. The van der Waals surface area contributed by atoms with E-state index in [1.165, 1.54) is 0 Å². The first kappa shape index (κ1) is 20.2. The molecule has 1 aliphatic rings. The molecule has 2 amide bonds. The van der Waals surface area contributed by atoms with Crippen LogP contribution in [-0.4, -0.2) is 53.4 Å². The van der Waals surface area contributed by atoms with Crippen molar-refractivity contribution in [2.24, 2.45) is 0 Å². The van der Waals surface area contributed by atoms with Crippen LogP contribution in [0.3, 0.4) is 0 Å². The molecule has 2 heterocycles. The molecule has 0 spiro atoms. The van der Waals surface area contributed by atoms with Crippen molar-refractivity contribution in [3.8, 4) is 0 Å². The summed E-state index contributed by atoms with van der Waals surface area (Å²) in [5, 5.41) is 10.6. The van der Waals surface area contributed by atoms with Crippen molar-refractivity contribution in [1.82, 2.24) is 14.7 Å². The van der Waals surface area contributed by atoms with Crippen LogP contribution in [0.25, 0.3) is 0 Å². The number of piperazine rings is 1. The maximum atomic E-state index is 12.7. The lowest BCUT2D eigenvalue weighted by atomic mass is 10.2.